The molecule has 0 saturated carbocycles. The highest BCUT2D eigenvalue weighted by atomic mass is 35.5. The third kappa shape index (κ3) is 4.04. The van der Waals surface area contributed by atoms with E-state index in [4.69, 9.17) is 23.8 Å². The van der Waals surface area contributed by atoms with Gasteiger partial charge in [-0.25, -0.2) is 4.98 Å². The molecular weight excluding hydrogens is 350 g/mol. The first-order valence-electron chi connectivity index (χ1n) is 6.81. The molecule has 0 fully saturated rings. The monoisotopic (exact) mass is 361 g/mol. The molecule has 116 valence electrons. The van der Waals surface area contributed by atoms with E-state index < -0.39 is 0 Å². The molecule has 1 amide bonds. The molecular formula is C16H12ClN3OS2. The maximum Gasteiger partial charge on any atom is 0.230 e. The Hall–Kier alpha value is -2.02. The molecule has 7 heteroatoms. The average molecular weight is 362 g/mol. The lowest BCUT2D eigenvalue weighted by molar-refractivity contribution is -0.119. The number of carbonyl (C=O) groups is 1. The van der Waals surface area contributed by atoms with E-state index in [0.717, 1.165) is 15.8 Å². The number of para-hydroxylation sites is 1. The van der Waals surface area contributed by atoms with E-state index in [2.05, 4.69) is 15.6 Å². The van der Waals surface area contributed by atoms with Crippen molar-refractivity contribution in [3.05, 3.63) is 59.1 Å². The first-order valence-corrected chi connectivity index (χ1v) is 8.42. The van der Waals surface area contributed by atoms with Crippen LogP contribution < -0.4 is 10.6 Å². The summed E-state index contributed by atoms with van der Waals surface area (Å²) in [7, 11) is 0. The van der Waals surface area contributed by atoms with Gasteiger partial charge in [-0.05, 0) is 29.9 Å². The second-order valence-corrected chi connectivity index (χ2v) is 6.62. The lowest BCUT2D eigenvalue weighted by Crippen LogP contribution is -2.35. The molecule has 0 spiro atoms. The van der Waals surface area contributed by atoms with Crippen LogP contribution in [0.15, 0.2) is 48.5 Å². The van der Waals surface area contributed by atoms with Crippen LogP contribution in [0.2, 0.25) is 5.02 Å². The van der Waals surface area contributed by atoms with Gasteiger partial charge in [-0.3, -0.25) is 4.79 Å². The molecule has 1 aromatic heterocycles. The molecule has 0 aliphatic heterocycles. The third-order valence-corrected chi connectivity index (χ3v) is 4.50. The molecule has 0 unspecified atom stereocenters. The fourth-order valence-corrected chi connectivity index (χ4v) is 3.49. The molecule has 0 atom stereocenters. The SMILES string of the molecule is O=C(Cc1ccccc1)NC(=S)Nc1nc2c(Cl)cccc2s1. The average Bonchev–Trinajstić information content (AvgIpc) is 2.91. The van der Waals surface area contributed by atoms with Gasteiger partial charge in [0, 0.05) is 0 Å². The lowest BCUT2D eigenvalue weighted by atomic mass is 10.1. The topological polar surface area (TPSA) is 54.0 Å². The van der Waals surface area contributed by atoms with Crippen LogP contribution in [-0.4, -0.2) is 16.0 Å². The second kappa shape index (κ2) is 7.04. The van der Waals surface area contributed by atoms with E-state index in [1.807, 2.05) is 42.5 Å². The molecule has 0 radical (unpaired) electrons. The zero-order valence-electron chi connectivity index (χ0n) is 11.9. The van der Waals surface area contributed by atoms with E-state index in [1.165, 1.54) is 11.3 Å². The zero-order valence-corrected chi connectivity index (χ0v) is 14.3. The van der Waals surface area contributed by atoms with Crippen molar-refractivity contribution >= 4 is 61.5 Å². The number of amides is 1. The Bertz CT molecular complexity index is 864. The van der Waals surface area contributed by atoms with Crippen molar-refractivity contribution in [2.75, 3.05) is 5.32 Å². The quantitative estimate of drug-likeness (QED) is 0.692. The van der Waals surface area contributed by atoms with E-state index >= 15 is 0 Å². The van der Waals surface area contributed by atoms with Gasteiger partial charge >= 0.3 is 0 Å². The number of rotatable bonds is 3. The minimum absolute atomic E-state index is 0.173. The Kier molecular flexibility index (Phi) is 4.85. The largest absolute Gasteiger partial charge is 0.308 e. The van der Waals surface area contributed by atoms with E-state index in [1.54, 1.807) is 6.07 Å². The van der Waals surface area contributed by atoms with Gasteiger partial charge in [-0.2, -0.15) is 0 Å². The standard InChI is InChI=1S/C16H12ClN3OS2/c17-11-7-4-8-12-14(11)19-16(23-12)20-15(22)18-13(21)9-10-5-2-1-3-6-10/h1-8H,9H2,(H2,18,19,20,21,22). The molecule has 0 aliphatic carbocycles. The summed E-state index contributed by atoms with van der Waals surface area (Å²) in [5.74, 6) is -0.173. The molecule has 23 heavy (non-hydrogen) atoms. The number of carbonyl (C=O) groups excluding carboxylic acids is 1. The van der Waals surface area contributed by atoms with Crippen LogP contribution in [-0.2, 0) is 11.2 Å². The van der Waals surface area contributed by atoms with Gasteiger partial charge in [0.05, 0.1) is 16.1 Å². The van der Waals surface area contributed by atoms with Crippen molar-refractivity contribution in [1.82, 2.24) is 10.3 Å². The Morgan fingerprint density at radius 3 is 2.70 bits per heavy atom. The summed E-state index contributed by atoms with van der Waals surface area (Å²) in [6, 6.07) is 15.1. The number of anilines is 1. The summed E-state index contributed by atoms with van der Waals surface area (Å²) in [4.78, 5) is 16.3. The van der Waals surface area contributed by atoms with Crippen LogP contribution in [0.4, 0.5) is 5.13 Å². The molecule has 0 bridgehead atoms. The van der Waals surface area contributed by atoms with Crippen molar-refractivity contribution < 1.29 is 4.79 Å². The summed E-state index contributed by atoms with van der Waals surface area (Å²) in [5, 5.41) is 6.98. The normalized spacial score (nSPS) is 10.5. The number of aromatic nitrogens is 1. The van der Waals surface area contributed by atoms with Crippen LogP contribution in [0.3, 0.4) is 0 Å². The molecule has 3 aromatic rings. The summed E-state index contributed by atoms with van der Waals surface area (Å²) >= 11 is 12.7. The van der Waals surface area contributed by atoms with Gasteiger partial charge in [0.1, 0.15) is 5.52 Å². The number of halogens is 1. The maximum atomic E-state index is 12.0. The third-order valence-electron chi connectivity index (χ3n) is 3.05. The summed E-state index contributed by atoms with van der Waals surface area (Å²) in [6.45, 7) is 0. The van der Waals surface area contributed by atoms with Gasteiger partial charge in [-0.1, -0.05) is 59.3 Å². The van der Waals surface area contributed by atoms with E-state index in [9.17, 15) is 4.79 Å². The van der Waals surface area contributed by atoms with Crippen molar-refractivity contribution in [3.8, 4) is 0 Å². The maximum absolute atomic E-state index is 12.0. The van der Waals surface area contributed by atoms with Crippen molar-refractivity contribution in [1.29, 1.82) is 0 Å². The fraction of sp³-hybridized carbons (Fsp3) is 0.0625. The Labute approximate surface area is 147 Å². The van der Waals surface area contributed by atoms with Crippen LogP contribution >= 0.6 is 35.2 Å². The number of nitrogens with one attached hydrogen (secondary N) is 2. The summed E-state index contributed by atoms with van der Waals surface area (Å²) in [6.07, 6.45) is 0.272. The highest BCUT2D eigenvalue weighted by molar-refractivity contribution is 7.80. The Morgan fingerprint density at radius 1 is 1.17 bits per heavy atom. The van der Waals surface area contributed by atoms with Crippen LogP contribution in [0, 0.1) is 0 Å². The number of thiocarbonyl (C=S) groups is 1. The van der Waals surface area contributed by atoms with Crippen LogP contribution in [0.5, 0.6) is 0 Å². The van der Waals surface area contributed by atoms with Gasteiger partial charge in [-0.15, -0.1) is 0 Å². The second-order valence-electron chi connectivity index (χ2n) is 4.77. The highest BCUT2D eigenvalue weighted by Gasteiger charge is 2.10. The Morgan fingerprint density at radius 2 is 1.96 bits per heavy atom. The number of benzene rings is 2. The lowest BCUT2D eigenvalue weighted by Gasteiger charge is -2.07. The van der Waals surface area contributed by atoms with Crippen molar-refractivity contribution in [2.24, 2.45) is 0 Å². The summed E-state index contributed by atoms with van der Waals surface area (Å²) < 4.78 is 0.957. The van der Waals surface area contributed by atoms with E-state index in [-0.39, 0.29) is 17.4 Å². The predicted molar refractivity (Wildman–Crippen MR) is 99.1 cm³/mol. The number of hydrogen-bond donors (Lipinski definition) is 2. The molecule has 1 heterocycles. The summed E-state index contributed by atoms with van der Waals surface area (Å²) in [5.41, 5.74) is 1.65. The smallest absolute Gasteiger partial charge is 0.230 e. The van der Waals surface area contributed by atoms with Gasteiger partial charge in [0.25, 0.3) is 0 Å². The number of thiazole rings is 1. The zero-order chi connectivity index (χ0) is 16.2. The molecule has 2 N–H and O–H groups in total. The minimum Gasteiger partial charge on any atom is -0.308 e. The highest BCUT2D eigenvalue weighted by Crippen LogP contribution is 2.30. The molecule has 2 aromatic carbocycles. The van der Waals surface area contributed by atoms with Crippen molar-refractivity contribution in [2.45, 2.75) is 6.42 Å². The predicted octanol–water partition coefficient (Wildman–Crippen LogP) is 4.01. The Balaban J connectivity index is 1.62. The first-order chi connectivity index (χ1) is 11.1. The number of fused-ring (bicyclic) bond motifs is 1. The van der Waals surface area contributed by atoms with Gasteiger partial charge in [0.15, 0.2) is 10.2 Å². The molecule has 0 aliphatic rings. The molecule has 0 saturated heterocycles. The number of hydrogen-bond acceptors (Lipinski definition) is 4. The van der Waals surface area contributed by atoms with E-state index in [0.29, 0.717) is 10.2 Å². The number of nitrogens with zero attached hydrogens (tertiary/aromatic N) is 1. The minimum atomic E-state index is -0.173. The first kappa shape index (κ1) is 15.9. The molecule has 3 rings (SSSR count). The van der Waals surface area contributed by atoms with Gasteiger partial charge in [0.2, 0.25) is 5.91 Å². The van der Waals surface area contributed by atoms with Crippen LogP contribution in [0.1, 0.15) is 5.56 Å². The molecule has 4 nitrogen and oxygen atoms in total. The van der Waals surface area contributed by atoms with Crippen LogP contribution in [0.25, 0.3) is 10.2 Å². The van der Waals surface area contributed by atoms with Gasteiger partial charge < -0.3 is 10.6 Å². The van der Waals surface area contributed by atoms with Crippen molar-refractivity contribution in [3.63, 3.8) is 0 Å². The fourth-order valence-electron chi connectivity index (χ4n) is 2.05.